The smallest absolute Gasteiger partial charge is 0.407 e. The second kappa shape index (κ2) is 12.3. The van der Waals surface area contributed by atoms with Gasteiger partial charge in [-0.25, -0.2) is 13.7 Å². The lowest BCUT2D eigenvalue weighted by molar-refractivity contribution is -0.170. The van der Waals surface area contributed by atoms with Gasteiger partial charge in [-0.2, -0.15) is 13.2 Å². The molecule has 0 aliphatic rings. The lowest BCUT2D eigenvalue weighted by Crippen LogP contribution is -2.56. The summed E-state index contributed by atoms with van der Waals surface area (Å²) in [6.45, 7) is 4.38. The Balaban J connectivity index is 2.12. The van der Waals surface area contributed by atoms with E-state index in [2.05, 4.69) is 9.71 Å². The molecule has 0 fully saturated rings. The maximum atomic E-state index is 14.4. The Labute approximate surface area is 217 Å². The van der Waals surface area contributed by atoms with Gasteiger partial charge in [0.05, 0.1) is 21.4 Å². The average molecular weight is 531 g/mol. The predicted molar refractivity (Wildman–Crippen MR) is 139 cm³/mol. The summed E-state index contributed by atoms with van der Waals surface area (Å²) in [5, 5.41) is 0. The molecule has 3 atom stereocenters. The van der Waals surface area contributed by atoms with Gasteiger partial charge in [0.1, 0.15) is 12.6 Å². The van der Waals surface area contributed by atoms with Crippen molar-refractivity contribution in [1.29, 1.82) is 0 Å². The molecule has 3 aromatic rings. The van der Waals surface area contributed by atoms with Crippen LogP contribution in [0.2, 0.25) is 0 Å². The summed E-state index contributed by atoms with van der Waals surface area (Å²) >= 11 is 0. The summed E-state index contributed by atoms with van der Waals surface area (Å²) in [4.78, 5) is 17.6. The topological polar surface area (TPSA) is 67.8 Å². The van der Waals surface area contributed by atoms with Gasteiger partial charge < -0.3 is 4.74 Å². The first kappa shape index (κ1) is 28.3. The van der Waals surface area contributed by atoms with Crippen LogP contribution in [-0.4, -0.2) is 38.9 Å². The number of alkyl halides is 3. The van der Waals surface area contributed by atoms with Crippen molar-refractivity contribution < 1.29 is 26.9 Å². The van der Waals surface area contributed by atoms with Crippen molar-refractivity contribution >= 4 is 22.7 Å². The first-order chi connectivity index (χ1) is 17.5. The fraction of sp³-hybridized carbons (Fsp3) is 0.286. The monoisotopic (exact) mass is 530 g/mol. The van der Waals surface area contributed by atoms with Crippen molar-refractivity contribution in [2.24, 2.45) is 4.99 Å². The van der Waals surface area contributed by atoms with Crippen molar-refractivity contribution in [3.63, 3.8) is 0 Å². The van der Waals surface area contributed by atoms with Gasteiger partial charge in [-0.1, -0.05) is 91.0 Å². The highest BCUT2D eigenvalue weighted by Gasteiger charge is 2.50. The van der Waals surface area contributed by atoms with Crippen LogP contribution in [0.25, 0.3) is 0 Å². The largest absolute Gasteiger partial charge is 0.459 e. The van der Waals surface area contributed by atoms with Gasteiger partial charge in [-0.05, 0) is 26.3 Å². The van der Waals surface area contributed by atoms with E-state index in [-0.39, 0.29) is 12.3 Å². The molecule has 0 bridgehead atoms. The summed E-state index contributed by atoms with van der Waals surface area (Å²) in [5.74, 6) is -1.19. The lowest BCUT2D eigenvalue weighted by atomic mass is 10.0. The van der Waals surface area contributed by atoms with Gasteiger partial charge in [0.2, 0.25) is 0 Å². The Morgan fingerprint density at radius 1 is 0.865 bits per heavy atom. The molecule has 37 heavy (non-hydrogen) atoms. The molecule has 196 valence electrons. The molecule has 0 aliphatic carbocycles. The number of nitrogens with zero attached hydrogens (tertiary/aromatic N) is 1. The number of rotatable bonds is 9. The molecule has 0 spiro atoms. The summed E-state index contributed by atoms with van der Waals surface area (Å²) in [6.07, 6.45) is -4.96. The summed E-state index contributed by atoms with van der Waals surface area (Å²) in [6, 6.07) is 21.2. The minimum absolute atomic E-state index is 0.181. The predicted octanol–water partition coefficient (Wildman–Crippen LogP) is 5.62. The molecule has 5 nitrogen and oxygen atoms in total. The Hall–Kier alpha value is -3.30. The van der Waals surface area contributed by atoms with E-state index in [1.807, 2.05) is 0 Å². The van der Waals surface area contributed by atoms with Gasteiger partial charge in [0.15, 0.2) is 6.04 Å². The molecule has 0 aromatic heterocycles. The highest BCUT2D eigenvalue weighted by molar-refractivity contribution is 7.84. The maximum absolute atomic E-state index is 14.4. The molecule has 0 aliphatic heterocycles. The zero-order valence-corrected chi connectivity index (χ0v) is 21.6. The van der Waals surface area contributed by atoms with Gasteiger partial charge >= 0.3 is 12.1 Å². The normalized spacial score (nSPS) is 14.3. The first-order valence-electron chi connectivity index (χ1n) is 11.6. The van der Waals surface area contributed by atoms with Crippen molar-refractivity contribution in [1.82, 2.24) is 4.72 Å². The molecule has 3 aromatic carbocycles. The molecule has 0 saturated heterocycles. The average Bonchev–Trinajstić information content (AvgIpc) is 2.87. The number of esters is 1. The van der Waals surface area contributed by atoms with Crippen LogP contribution in [0.1, 0.15) is 37.5 Å². The number of ether oxygens (including phenoxy) is 1. The standard InChI is InChI=1S/C28H29F3N2O3S/c1-27(2,3)37(35)33-25(28(29,30)31)24(26(34)36-19-20-13-7-4-8-14-20)32-23(21-15-9-5-10-16-21)22-17-11-6-12-18-22/h4-18,24-25,33H,19H2,1-3H3/t24-,25-,37?/m0/s1. The van der Waals surface area contributed by atoms with Crippen molar-refractivity contribution in [2.75, 3.05) is 0 Å². The van der Waals surface area contributed by atoms with Crippen LogP contribution in [-0.2, 0) is 27.1 Å². The minimum atomic E-state index is -4.96. The third kappa shape index (κ3) is 8.10. The molecule has 1 N–H and O–H groups in total. The zero-order valence-electron chi connectivity index (χ0n) is 20.7. The molecule has 3 rings (SSSR count). The van der Waals surface area contributed by atoms with Gasteiger partial charge in [0.25, 0.3) is 0 Å². The van der Waals surface area contributed by atoms with Crippen LogP contribution < -0.4 is 4.72 Å². The SMILES string of the molecule is CC(C)(C)S(=O)N[C@@H]([C@H](N=C(c1ccccc1)c1ccccc1)C(=O)OCc1ccccc1)C(F)(F)F. The van der Waals surface area contributed by atoms with Gasteiger partial charge in [-0.3, -0.25) is 4.99 Å². The summed E-state index contributed by atoms with van der Waals surface area (Å²) in [7, 11) is -2.14. The van der Waals surface area contributed by atoms with Crippen LogP contribution in [0.5, 0.6) is 0 Å². The zero-order chi connectivity index (χ0) is 27.1. The van der Waals surface area contributed by atoms with E-state index >= 15 is 0 Å². The quantitative estimate of drug-likeness (QED) is 0.289. The molecule has 0 radical (unpaired) electrons. The van der Waals surface area contributed by atoms with Crippen molar-refractivity contribution in [2.45, 2.75) is 50.4 Å². The number of hydrogen-bond acceptors (Lipinski definition) is 4. The number of carbonyl (C=O) groups excluding carboxylic acids is 1. The van der Waals surface area contributed by atoms with Crippen LogP contribution in [0.3, 0.4) is 0 Å². The maximum Gasteiger partial charge on any atom is 0.407 e. The van der Waals surface area contributed by atoms with Crippen LogP contribution >= 0.6 is 0 Å². The molecule has 9 heteroatoms. The van der Waals surface area contributed by atoms with Gasteiger partial charge in [0, 0.05) is 11.1 Å². The number of aliphatic imine (C=N–C) groups is 1. The van der Waals surface area contributed by atoms with Gasteiger partial charge in [-0.15, -0.1) is 0 Å². The summed E-state index contributed by atoms with van der Waals surface area (Å²) in [5.41, 5.74) is 1.83. The lowest BCUT2D eigenvalue weighted by Gasteiger charge is -2.29. The number of halogens is 3. The fourth-order valence-electron chi connectivity index (χ4n) is 3.33. The minimum Gasteiger partial charge on any atom is -0.459 e. The molecule has 0 saturated carbocycles. The van der Waals surface area contributed by atoms with E-state index in [0.717, 1.165) is 0 Å². The van der Waals surface area contributed by atoms with Crippen LogP contribution in [0.15, 0.2) is 96.0 Å². The van der Waals surface area contributed by atoms with E-state index in [9.17, 15) is 22.2 Å². The molecule has 1 unspecified atom stereocenters. The van der Waals surface area contributed by atoms with E-state index in [4.69, 9.17) is 4.74 Å². The number of carbonyl (C=O) groups is 1. The van der Waals surface area contributed by atoms with E-state index in [1.54, 1.807) is 91.0 Å². The Morgan fingerprint density at radius 2 is 1.32 bits per heavy atom. The number of nitrogens with one attached hydrogen (secondary N) is 1. The van der Waals surface area contributed by atoms with E-state index < -0.39 is 40.0 Å². The second-order valence-electron chi connectivity index (χ2n) is 9.27. The first-order valence-corrected chi connectivity index (χ1v) is 12.8. The van der Waals surface area contributed by atoms with E-state index in [1.165, 1.54) is 20.8 Å². The second-order valence-corrected chi connectivity index (χ2v) is 11.3. The Bertz CT molecular complexity index is 1170. The number of hydrogen-bond donors (Lipinski definition) is 1. The van der Waals surface area contributed by atoms with Crippen molar-refractivity contribution in [3.05, 3.63) is 108 Å². The third-order valence-electron chi connectivity index (χ3n) is 5.29. The Kier molecular flexibility index (Phi) is 9.39. The molecule has 0 heterocycles. The molecule has 0 amide bonds. The number of benzene rings is 3. The van der Waals surface area contributed by atoms with Crippen molar-refractivity contribution in [3.8, 4) is 0 Å². The highest BCUT2D eigenvalue weighted by atomic mass is 32.2. The molecular formula is C28H29F3N2O3S. The van der Waals surface area contributed by atoms with Crippen LogP contribution in [0.4, 0.5) is 13.2 Å². The van der Waals surface area contributed by atoms with Crippen LogP contribution in [0, 0.1) is 0 Å². The third-order valence-corrected chi connectivity index (χ3v) is 6.87. The van der Waals surface area contributed by atoms with E-state index in [0.29, 0.717) is 16.7 Å². The molecular weight excluding hydrogens is 501 g/mol. The summed E-state index contributed by atoms with van der Waals surface area (Å²) < 4.78 is 62.4. The highest BCUT2D eigenvalue weighted by Crippen LogP contribution is 2.28. The Morgan fingerprint density at radius 3 is 1.76 bits per heavy atom. The fourth-order valence-corrected chi connectivity index (χ4v) is 4.17.